The number of halogens is 1. The van der Waals surface area contributed by atoms with Crippen molar-refractivity contribution in [2.24, 2.45) is 5.73 Å². The van der Waals surface area contributed by atoms with E-state index in [0.717, 1.165) is 21.5 Å². The van der Waals surface area contributed by atoms with Gasteiger partial charge < -0.3 is 10.5 Å². The number of nitrogens with two attached hydrogens (primary N) is 1. The summed E-state index contributed by atoms with van der Waals surface area (Å²) in [5, 5.41) is 0. The molecule has 19 heavy (non-hydrogen) atoms. The fourth-order valence-electron chi connectivity index (χ4n) is 1.96. The van der Waals surface area contributed by atoms with Crippen molar-refractivity contribution in [3.63, 3.8) is 0 Å². The van der Waals surface area contributed by atoms with Crippen LogP contribution in [0.5, 0.6) is 11.5 Å². The van der Waals surface area contributed by atoms with Crippen LogP contribution in [0.4, 0.5) is 0 Å². The zero-order valence-corrected chi connectivity index (χ0v) is 13.0. The van der Waals surface area contributed by atoms with Gasteiger partial charge in [-0.3, -0.25) is 0 Å². The van der Waals surface area contributed by atoms with Crippen LogP contribution in [0.2, 0.25) is 0 Å². The summed E-state index contributed by atoms with van der Waals surface area (Å²) in [5.74, 6) is 1.66. The number of ether oxygens (including phenoxy) is 1. The van der Waals surface area contributed by atoms with Gasteiger partial charge in [0.05, 0.1) is 0 Å². The molecule has 0 spiro atoms. The molecule has 1 unspecified atom stereocenters. The molecule has 100 valence electrons. The lowest BCUT2D eigenvalue weighted by Gasteiger charge is -2.12. The quantitative estimate of drug-likeness (QED) is 0.875. The molecule has 2 N–H and O–H groups in total. The standard InChI is InChI=1S/C16H18BrNO/c1-10-7-15(8-11(2)16(10)17)19-14-6-4-5-13(9-14)12(3)18/h4-9,12H,18H2,1-3H3. The van der Waals surface area contributed by atoms with Crippen molar-refractivity contribution in [1.29, 1.82) is 0 Å². The maximum Gasteiger partial charge on any atom is 0.128 e. The molecule has 2 aromatic rings. The summed E-state index contributed by atoms with van der Waals surface area (Å²) in [6.07, 6.45) is 0. The summed E-state index contributed by atoms with van der Waals surface area (Å²) in [6.45, 7) is 6.08. The molecular weight excluding hydrogens is 302 g/mol. The third kappa shape index (κ3) is 3.37. The van der Waals surface area contributed by atoms with E-state index >= 15 is 0 Å². The van der Waals surface area contributed by atoms with E-state index in [4.69, 9.17) is 10.5 Å². The first-order chi connectivity index (χ1) is 8.97. The fraction of sp³-hybridized carbons (Fsp3) is 0.250. The molecule has 0 saturated heterocycles. The lowest BCUT2D eigenvalue weighted by atomic mass is 10.1. The minimum atomic E-state index is 0.0111. The van der Waals surface area contributed by atoms with E-state index in [0.29, 0.717) is 0 Å². The Morgan fingerprint density at radius 1 is 1.05 bits per heavy atom. The molecule has 2 aromatic carbocycles. The van der Waals surface area contributed by atoms with Crippen LogP contribution in [-0.4, -0.2) is 0 Å². The SMILES string of the molecule is Cc1cc(Oc2cccc(C(C)N)c2)cc(C)c1Br. The van der Waals surface area contributed by atoms with Crippen molar-refractivity contribution in [2.45, 2.75) is 26.8 Å². The van der Waals surface area contributed by atoms with Crippen molar-refractivity contribution >= 4 is 15.9 Å². The van der Waals surface area contributed by atoms with Crippen LogP contribution in [0.3, 0.4) is 0 Å². The smallest absolute Gasteiger partial charge is 0.128 e. The van der Waals surface area contributed by atoms with Gasteiger partial charge in [-0.1, -0.05) is 28.1 Å². The molecule has 2 nitrogen and oxygen atoms in total. The fourth-order valence-corrected chi connectivity index (χ4v) is 2.19. The molecule has 0 bridgehead atoms. The Bertz CT molecular complexity index is 570. The van der Waals surface area contributed by atoms with Gasteiger partial charge in [0.2, 0.25) is 0 Å². The number of hydrogen-bond acceptors (Lipinski definition) is 2. The maximum atomic E-state index is 5.91. The molecule has 0 amide bonds. The molecule has 0 aromatic heterocycles. The lowest BCUT2D eigenvalue weighted by molar-refractivity contribution is 0.480. The van der Waals surface area contributed by atoms with Crippen LogP contribution in [0.1, 0.15) is 29.7 Å². The zero-order chi connectivity index (χ0) is 14.0. The third-order valence-corrected chi connectivity index (χ3v) is 4.28. The van der Waals surface area contributed by atoms with E-state index in [1.807, 2.05) is 43.3 Å². The van der Waals surface area contributed by atoms with Gasteiger partial charge in [-0.25, -0.2) is 0 Å². The van der Waals surface area contributed by atoms with Gasteiger partial charge in [-0.05, 0) is 61.7 Å². The summed E-state index contributed by atoms with van der Waals surface area (Å²) < 4.78 is 7.04. The third-order valence-electron chi connectivity index (χ3n) is 3.03. The van der Waals surface area contributed by atoms with Gasteiger partial charge in [0.1, 0.15) is 11.5 Å². The number of benzene rings is 2. The second-order valence-corrected chi connectivity index (χ2v) is 5.63. The molecule has 0 saturated carbocycles. The Hall–Kier alpha value is -1.32. The Balaban J connectivity index is 2.28. The van der Waals surface area contributed by atoms with Crippen LogP contribution in [0, 0.1) is 13.8 Å². The highest BCUT2D eigenvalue weighted by Gasteiger charge is 2.06. The summed E-state index contributed by atoms with van der Waals surface area (Å²) in [6, 6.07) is 12.0. The van der Waals surface area contributed by atoms with Crippen molar-refractivity contribution in [3.8, 4) is 11.5 Å². The average Bonchev–Trinajstić information content (AvgIpc) is 2.36. The summed E-state index contributed by atoms with van der Waals surface area (Å²) in [7, 11) is 0. The Morgan fingerprint density at radius 3 is 2.26 bits per heavy atom. The Morgan fingerprint density at radius 2 is 1.68 bits per heavy atom. The molecule has 0 fully saturated rings. The lowest BCUT2D eigenvalue weighted by Crippen LogP contribution is -2.04. The molecule has 0 aliphatic carbocycles. The highest BCUT2D eigenvalue weighted by atomic mass is 79.9. The van der Waals surface area contributed by atoms with Crippen LogP contribution in [0.15, 0.2) is 40.9 Å². The summed E-state index contributed by atoms with van der Waals surface area (Å²) in [5.41, 5.74) is 9.28. The van der Waals surface area contributed by atoms with Crippen LogP contribution >= 0.6 is 15.9 Å². The van der Waals surface area contributed by atoms with E-state index < -0.39 is 0 Å². The first-order valence-corrected chi connectivity index (χ1v) is 7.07. The van der Waals surface area contributed by atoms with E-state index in [2.05, 4.69) is 29.8 Å². The van der Waals surface area contributed by atoms with Crippen LogP contribution < -0.4 is 10.5 Å². The van der Waals surface area contributed by atoms with E-state index in [1.54, 1.807) is 0 Å². The largest absolute Gasteiger partial charge is 0.457 e. The molecule has 0 aliphatic heterocycles. The predicted octanol–water partition coefficient (Wildman–Crippen LogP) is 4.88. The molecule has 1 atom stereocenters. The number of hydrogen-bond donors (Lipinski definition) is 1. The van der Waals surface area contributed by atoms with E-state index in [-0.39, 0.29) is 6.04 Å². The van der Waals surface area contributed by atoms with Gasteiger partial charge in [0, 0.05) is 10.5 Å². The maximum absolute atomic E-state index is 5.91. The van der Waals surface area contributed by atoms with Gasteiger partial charge in [-0.2, -0.15) is 0 Å². The van der Waals surface area contributed by atoms with Crippen molar-refractivity contribution < 1.29 is 4.74 Å². The van der Waals surface area contributed by atoms with Gasteiger partial charge >= 0.3 is 0 Å². The molecule has 0 aliphatic rings. The summed E-state index contributed by atoms with van der Waals surface area (Å²) in [4.78, 5) is 0. The minimum absolute atomic E-state index is 0.0111. The topological polar surface area (TPSA) is 35.2 Å². The van der Waals surface area contributed by atoms with Crippen molar-refractivity contribution in [1.82, 2.24) is 0 Å². The van der Waals surface area contributed by atoms with E-state index in [9.17, 15) is 0 Å². The van der Waals surface area contributed by atoms with Gasteiger partial charge in [0.25, 0.3) is 0 Å². The molecule has 2 rings (SSSR count). The van der Waals surface area contributed by atoms with Gasteiger partial charge in [-0.15, -0.1) is 0 Å². The van der Waals surface area contributed by atoms with E-state index in [1.165, 1.54) is 11.1 Å². The highest BCUT2D eigenvalue weighted by molar-refractivity contribution is 9.10. The zero-order valence-electron chi connectivity index (χ0n) is 11.4. The second kappa shape index (κ2) is 5.76. The Labute approximate surface area is 122 Å². The normalized spacial score (nSPS) is 12.3. The highest BCUT2D eigenvalue weighted by Crippen LogP contribution is 2.30. The van der Waals surface area contributed by atoms with Crippen LogP contribution in [-0.2, 0) is 0 Å². The minimum Gasteiger partial charge on any atom is -0.457 e. The van der Waals surface area contributed by atoms with Crippen molar-refractivity contribution in [2.75, 3.05) is 0 Å². The first kappa shape index (κ1) is 14.1. The Kier molecular flexibility index (Phi) is 4.27. The summed E-state index contributed by atoms with van der Waals surface area (Å²) >= 11 is 3.56. The molecular formula is C16H18BrNO. The molecule has 3 heteroatoms. The monoisotopic (exact) mass is 319 g/mol. The molecule has 0 radical (unpaired) electrons. The predicted molar refractivity (Wildman–Crippen MR) is 82.7 cm³/mol. The number of aryl methyl sites for hydroxylation is 2. The van der Waals surface area contributed by atoms with Crippen molar-refractivity contribution in [3.05, 3.63) is 57.6 Å². The first-order valence-electron chi connectivity index (χ1n) is 6.27. The van der Waals surface area contributed by atoms with Gasteiger partial charge in [0.15, 0.2) is 0 Å². The van der Waals surface area contributed by atoms with Crippen LogP contribution in [0.25, 0.3) is 0 Å². The second-order valence-electron chi connectivity index (χ2n) is 4.83. The average molecular weight is 320 g/mol. The molecule has 0 heterocycles. The number of rotatable bonds is 3.